The normalized spacial score (nSPS) is 10.7. The summed E-state index contributed by atoms with van der Waals surface area (Å²) in [5.41, 5.74) is 2.04. The number of hydrogen-bond acceptors (Lipinski definition) is 3. The molecule has 0 saturated carbocycles. The molecule has 0 aliphatic heterocycles. The van der Waals surface area contributed by atoms with Gasteiger partial charge in [0.05, 0.1) is 5.69 Å². The number of rotatable bonds is 5. The van der Waals surface area contributed by atoms with Gasteiger partial charge < -0.3 is 10.1 Å². The summed E-state index contributed by atoms with van der Waals surface area (Å²) in [5.74, 6) is -0.402. The largest absolute Gasteiger partial charge is 0.435 e. The highest BCUT2D eigenvalue weighted by Gasteiger charge is 2.12. The first kappa shape index (κ1) is 16.9. The molecule has 3 aromatic rings. The second-order valence-corrected chi connectivity index (χ2v) is 5.47. The minimum absolute atomic E-state index is 0.0118. The number of H-pyrrole nitrogens is 1. The summed E-state index contributed by atoms with van der Waals surface area (Å²) in [6.07, 6.45) is 0. The van der Waals surface area contributed by atoms with Crippen LogP contribution in [-0.4, -0.2) is 22.7 Å². The van der Waals surface area contributed by atoms with Crippen molar-refractivity contribution in [2.24, 2.45) is 0 Å². The highest BCUT2D eigenvalue weighted by Crippen LogP contribution is 2.22. The molecule has 0 saturated heterocycles. The molecule has 8 heteroatoms. The molecule has 2 N–H and O–H groups in total. The molecule has 25 heavy (non-hydrogen) atoms. The maximum Gasteiger partial charge on any atom is 0.387 e. The number of halogens is 3. The molecule has 0 radical (unpaired) electrons. The number of aromatic amines is 1. The molecule has 0 aliphatic carbocycles. The fourth-order valence-electron chi connectivity index (χ4n) is 2.15. The van der Waals surface area contributed by atoms with Crippen molar-refractivity contribution in [1.82, 2.24) is 10.2 Å². The molecule has 3 rings (SSSR count). The van der Waals surface area contributed by atoms with Crippen molar-refractivity contribution in [3.8, 4) is 17.0 Å². The Hall–Kier alpha value is -2.93. The maximum absolute atomic E-state index is 12.2. The van der Waals surface area contributed by atoms with Crippen LogP contribution in [0.4, 0.5) is 14.5 Å². The van der Waals surface area contributed by atoms with Crippen LogP contribution in [0.25, 0.3) is 11.3 Å². The number of alkyl halides is 2. The fraction of sp³-hybridized carbons (Fsp3) is 0.0588. The van der Waals surface area contributed by atoms with Gasteiger partial charge in [-0.05, 0) is 42.5 Å². The van der Waals surface area contributed by atoms with Crippen molar-refractivity contribution < 1.29 is 18.3 Å². The van der Waals surface area contributed by atoms with Crippen molar-refractivity contribution in [1.29, 1.82) is 0 Å². The van der Waals surface area contributed by atoms with Crippen LogP contribution >= 0.6 is 11.6 Å². The third-order valence-electron chi connectivity index (χ3n) is 3.28. The second kappa shape index (κ2) is 7.31. The number of hydrogen-bond donors (Lipinski definition) is 2. The molecule has 0 bridgehead atoms. The lowest BCUT2D eigenvalue weighted by Crippen LogP contribution is -2.12. The summed E-state index contributed by atoms with van der Waals surface area (Å²) < 4.78 is 28.5. The lowest BCUT2D eigenvalue weighted by Gasteiger charge is -2.06. The zero-order valence-corrected chi connectivity index (χ0v) is 13.4. The monoisotopic (exact) mass is 363 g/mol. The predicted octanol–water partition coefficient (Wildman–Crippen LogP) is 4.58. The average Bonchev–Trinajstić information content (AvgIpc) is 3.06. The quantitative estimate of drug-likeness (QED) is 0.697. The van der Waals surface area contributed by atoms with Crippen LogP contribution in [-0.2, 0) is 0 Å². The summed E-state index contributed by atoms with van der Waals surface area (Å²) in [7, 11) is 0. The van der Waals surface area contributed by atoms with Gasteiger partial charge in [0.2, 0.25) is 0 Å². The van der Waals surface area contributed by atoms with Crippen molar-refractivity contribution in [3.05, 3.63) is 65.3 Å². The van der Waals surface area contributed by atoms with Gasteiger partial charge in [-0.15, -0.1) is 0 Å². The molecule has 0 aliphatic rings. The first-order valence-electron chi connectivity index (χ1n) is 7.19. The van der Waals surface area contributed by atoms with E-state index in [-0.39, 0.29) is 11.4 Å². The van der Waals surface area contributed by atoms with E-state index in [9.17, 15) is 13.6 Å². The Balaban J connectivity index is 1.69. The molecule has 1 heterocycles. The Morgan fingerprint density at radius 3 is 2.60 bits per heavy atom. The molecule has 1 aromatic heterocycles. The van der Waals surface area contributed by atoms with Crippen molar-refractivity contribution >= 4 is 23.2 Å². The minimum atomic E-state index is -2.89. The lowest BCUT2D eigenvalue weighted by molar-refractivity contribution is -0.0498. The van der Waals surface area contributed by atoms with E-state index in [4.69, 9.17) is 11.6 Å². The van der Waals surface area contributed by atoms with Gasteiger partial charge in [0.1, 0.15) is 11.4 Å². The Labute approximate surface area is 146 Å². The van der Waals surface area contributed by atoms with Gasteiger partial charge >= 0.3 is 6.61 Å². The molecule has 2 aromatic carbocycles. The Bertz CT molecular complexity index is 882. The van der Waals surface area contributed by atoms with Gasteiger partial charge in [0.25, 0.3) is 5.91 Å². The van der Waals surface area contributed by atoms with Gasteiger partial charge in [-0.2, -0.15) is 13.9 Å². The van der Waals surface area contributed by atoms with E-state index in [0.717, 1.165) is 5.56 Å². The number of aromatic nitrogens is 2. The van der Waals surface area contributed by atoms with Crippen LogP contribution < -0.4 is 10.1 Å². The van der Waals surface area contributed by atoms with Crippen LogP contribution in [0.15, 0.2) is 54.6 Å². The number of amides is 1. The predicted molar refractivity (Wildman–Crippen MR) is 90.1 cm³/mol. The third-order valence-corrected chi connectivity index (χ3v) is 3.52. The third kappa shape index (κ3) is 4.33. The van der Waals surface area contributed by atoms with E-state index in [1.165, 1.54) is 24.3 Å². The Kier molecular flexibility index (Phi) is 4.95. The van der Waals surface area contributed by atoms with Crippen molar-refractivity contribution in [2.45, 2.75) is 6.61 Å². The summed E-state index contributed by atoms with van der Waals surface area (Å²) >= 11 is 5.94. The number of anilines is 1. The number of nitrogens with one attached hydrogen (secondary N) is 2. The van der Waals surface area contributed by atoms with E-state index < -0.39 is 12.5 Å². The zero-order valence-electron chi connectivity index (χ0n) is 12.7. The smallest absolute Gasteiger partial charge is 0.387 e. The molecule has 0 unspecified atom stereocenters. The van der Waals surface area contributed by atoms with Gasteiger partial charge in [0, 0.05) is 16.3 Å². The van der Waals surface area contributed by atoms with E-state index in [2.05, 4.69) is 20.3 Å². The second-order valence-electron chi connectivity index (χ2n) is 5.03. The summed E-state index contributed by atoms with van der Waals surface area (Å²) in [5, 5.41) is 9.94. The molecule has 1 amide bonds. The highest BCUT2D eigenvalue weighted by atomic mass is 35.5. The number of nitrogens with zero attached hydrogens (tertiary/aromatic N) is 1. The summed E-state index contributed by atoms with van der Waals surface area (Å²) in [6.45, 7) is -2.89. The van der Waals surface area contributed by atoms with Crippen molar-refractivity contribution in [3.63, 3.8) is 0 Å². The number of carbonyl (C=O) groups excluding carboxylic acids is 1. The molecule has 0 atom stereocenters. The zero-order chi connectivity index (χ0) is 17.8. The van der Waals surface area contributed by atoms with Gasteiger partial charge in [-0.3, -0.25) is 9.89 Å². The molecular formula is C17H12ClF2N3O2. The van der Waals surface area contributed by atoms with Crippen LogP contribution in [0.2, 0.25) is 5.02 Å². The van der Waals surface area contributed by atoms with Crippen LogP contribution in [0.3, 0.4) is 0 Å². The van der Waals surface area contributed by atoms with E-state index in [0.29, 0.717) is 16.4 Å². The Morgan fingerprint density at radius 2 is 1.92 bits per heavy atom. The maximum atomic E-state index is 12.2. The van der Waals surface area contributed by atoms with E-state index >= 15 is 0 Å². The highest BCUT2D eigenvalue weighted by molar-refractivity contribution is 6.30. The van der Waals surface area contributed by atoms with Crippen LogP contribution in [0.5, 0.6) is 5.75 Å². The molecule has 128 valence electrons. The van der Waals surface area contributed by atoms with Crippen LogP contribution in [0, 0.1) is 0 Å². The first-order valence-corrected chi connectivity index (χ1v) is 7.56. The van der Waals surface area contributed by atoms with Crippen molar-refractivity contribution in [2.75, 3.05) is 5.32 Å². The van der Waals surface area contributed by atoms with Crippen LogP contribution in [0.1, 0.15) is 10.5 Å². The van der Waals surface area contributed by atoms with E-state index in [1.807, 2.05) is 6.07 Å². The number of ether oxygens (including phenoxy) is 1. The first-order chi connectivity index (χ1) is 12.0. The number of carbonyl (C=O) groups is 1. The van der Waals surface area contributed by atoms with Gasteiger partial charge in [0.15, 0.2) is 0 Å². The SMILES string of the molecule is O=C(Nc1ccc(OC(F)F)cc1)c1cc(-c2cccc(Cl)c2)n[nH]1. The lowest BCUT2D eigenvalue weighted by atomic mass is 10.1. The average molecular weight is 364 g/mol. The molecule has 0 fully saturated rings. The fourth-order valence-corrected chi connectivity index (χ4v) is 2.34. The summed E-state index contributed by atoms with van der Waals surface area (Å²) in [6, 6.07) is 14.3. The van der Waals surface area contributed by atoms with Gasteiger partial charge in [-0.25, -0.2) is 0 Å². The number of benzene rings is 2. The Morgan fingerprint density at radius 1 is 1.16 bits per heavy atom. The molecule has 0 spiro atoms. The molecule has 5 nitrogen and oxygen atoms in total. The minimum Gasteiger partial charge on any atom is -0.435 e. The van der Waals surface area contributed by atoms with Gasteiger partial charge in [-0.1, -0.05) is 23.7 Å². The topological polar surface area (TPSA) is 67.0 Å². The standard InChI is InChI=1S/C17H12ClF2N3O2/c18-11-3-1-2-10(8-11)14-9-15(23-22-14)16(24)21-12-4-6-13(7-5-12)25-17(19)20/h1-9,17H,(H,21,24)(H,22,23). The molecular weight excluding hydrogens is 352 g/mol. The summed E-state index contributed by atoms with van der Waals surface area (Å²) in [4.78, 5) is 12.2. The van der Waals surface area contributed by atoms with E-state index in [1.54, 1.807) is 24.3 Å².